The van der Waals surface area contributed by atoms with Gasteiger partial charge in [0.25, 0.3) is 10.0 Å². The van der Waals surface area contributed by atoms with Gasteiger partial charge in [0, 0.05) is 17.6 Å². The number of carbonyl (C=O) groups is 1. The highest BCUT2D eigenvalue weighted by Crippen LogP contribution is 2.26. The highest BCUT2D eigenvalue weighted by Gasteiger charge is 2.29. The van der Waals surface area contributed by atoms with Crippen LogP contribution >= 0.6 is 15.9 Å². The lowest BCUT2D eigenvalue weighted by molar-refractivity contribution is -0.130. The van der Waals surface area contributed by atoms with E-state index in [1.807, 2.05) is 6.07 Å². The molecule has 138 valence electrons. The topological polar surface area (TPSA) is 57.7 Å². The summed E-state index contributed by atoms with van der Waals surface area (Å²) >= 11 is 3.38. The minimum atomic E-state index is -3.84. The number of amides is 1. The minimum absolute atomic E-state index is 0.163. The van der Waals surface area contributed by atoms with Crippen molar-refractivity contribution in [3.63, 3.8) is 0 Å². The predicted molar refractivity (Wildman–Crippen MR) is 106 cm³/mol. The zero-order valence-corrected chi connectivity index (χ0v) is 16.7. The number of carbonyl (C=O) groups excluding carboxylic acids is 1. The first-order valence-corrected chi connectivity index (χ1v) is 10.8. The first-order chi connectivity index (χ1) is 12.5. The SMILES string of the molecule is O=C(CN(c1cccc(Br)c1)S(=O)(=O)c1ccccc1)N1CCCCC1. The maximum atomic E-state index is 13.2. The molecule has 0 bridgehead atoms. The zero-order chi connectivity index (χ0) is 18.6. The first kappa shape index (κ1) is 18.9. The van der Waals surface area contributed by atoms with Gasteiger partial charge in [-0.3, -0.25) is 9.10 Å². The third kappa shape index (κ3) is 4.27. The lowest BCUT2D eigenvalue weighted by Crippen LogP contribution is -2.44. The quantitative estimate of drug-likeness (QED) is 0.718. The summed E-state index contributed by atoms with van der Waals surface area (Å²) in [4.78, 5) is 14.7. The summed E-state index contributed by atoms with van der Waals surface area (Å²) < 4.78 is 28.4. The number of sulfonamides is 1. The Morgan fingerprint density at radius 2 is 1.69 bits per heavy atom. The fourth-order valence-electron chi connectivity index (χ4n) is 3.03. The molecule has 0 aliphatic carbocycles. The van der Waals surface area contributed by atoms with E-state index in [-0.39, 0.29) is 17.3 Å². The Morgan fingerprint density at radius 3 is 2.35 bits per heavy atom. The van der Waals surface area contributed by atoms with Crippen molar-refractivity contribution in [1.29, 1.82) is 0 Å². The molecule has 1 fully saturated rings. The molecule has 2 aromatic carbocycles. The van der Waals surface area contributed by atoms with Crippen molar-refractivity contribution >= 4 is 37.5 Å². The Balaban J connectivity index is 1.95. The van der Waals surface area contributed by atoms with E-state index in [0.29, 0.717) is 18.8 Å². The average Bonchev–Trinajstić information content (AvgIpc) is 2.67. The molecule has 0 radical (unpaired) electrons. The van der Waals surface area contributed by atoms with Gasteiger partial charge in [-0.1, -0.05) is 40.2 Å². The summed E-state index contributed by atoms with van der Waals surface area (Å²) in [6, 6.07) is 15.2. The van der Waals surface area contributed by atoms with Gasteiger partial charge >= 0.3 is 0 Å². The number of rotatable bonds is 5. The molecule has 0 saturated carbocycles. The van der Waals surface area contributed by atoms with Gasteiger partial charge in [0.2, 0.25) is 5.91 Å². The third-order valence-electron chi connectivity index (χ3n) is 4.42. The molecule has 1 saturated heterocycles. The second-order valence-electron chi connectivity index (χ2n) is 6.25. The fourth-order valence-corrected chi connectivity index (χ4v) is 4.85. The van der Waals surface area contributed by atoms with Crippen LogP contribution in [0.1, 0.15) is 19.3 Å². The van der Waals surface area contributed by atoms with Gasteiger partial charge in [0.05, 0.1) is 10.6 Å². The van der Waals surface area contributed by atoms with Crippen molar-refractivity contribution in [2.45, 2.75) is 24.2 Å². The van der Waals surface area contributed by atoms with Gasteiger partial charge < -0.3 is 4.90 Å². The molecule has 0 atom stereocenters. The Labute approximate surface area is 162 Å². The molecular weight excluding hydrogens is 416 g/mol. The van der Waals surface area contributed by atoms with Crippen LogP contribution in [0.2, 0.25) is 0 Å². The summed E-state index contributed by atoms with van der Waals surface area (Å²) in [5, 5.41) is 0. The molecule has 2 aromatic rings. The molecule has 0 N–H and O–H groups in total. The number of anilines is 1. The van der Waals surface area contributed by atoms with Crippen LogP contribution in [0.25, 0.3) is 0 Å². The lowest BCUT2D eigenvalue weighted by Gasteiger charge is -2.30. The lowest BCUT2D eigenvalue weighted by atomic mass is 10.1. The standard InChI is InChI=1S/C19H21BrN2O3S/c20-16-8-7-9-17(14-16)22(15-19(23)21-12-5-2-6-13-21)26(24,25)18-10-3-1-4-11-18/h1,3-4,7-11,14H,2,5-6,12-13,15H2. The van der Waals surface area contributed by atoms with E-state index in [1.54, 1.807) is 53.4 Å². The van der Waals surface area contributed by atoms with Crippen molar-refractivity contribution in [2.75, 3.05) is 23.9 Å². The van der Waals surface area contributed by atoms with E-state index in [1.165, 1.54) is 4.31 Å². The Hall–Kier alpha value is -1.86. The first-order valence-electron chi connectivity index (χ1n) is 8.59. The number of benzene rings is 2. The Kier molecular flexibility index (Phi) is 5.98. The molecule has 0 aromatic heterocycles. The smallest absolute Gasteiger partial charge is 0.264 e. The van der Waals surface area contributed by atoms with Crippen molar-refractivity contribution in [1.82, 2.24) is 4.90 Å². The number of halogens is 1. The second-order valence-corrected chi connectivity index (χ2v) is 9.02. The molecule has 1 aliphatic heterocycles. The predicted octanol–water partition coefficient (Wildman–Crippen LogP) is 3.66. The number of likely N-dealkylation sites (tertiary alicyclic amines) is 1. The molecule has 5 nitrogen and oxygen atoms in total. The number of hydrogen-bond donors (Lipinski definition) is 0. The second kappa shape index (κ2) is 8.22. The zero-order valence-electron chi connectivity index (χ0n) is 14.3. The van der Waals surface area contributed by atoms with E-state index < -0.39 is 10.0 Å². The average molecular weight is 437 g/mol. The maximum absolute atomic E-state index is 13.2. The maximum Gasteiger partial charge on any atom is 0.264 e. The molecule has 1 amide bonds. The third-order valence-corrected chi connectivity index (χ3v) is 6.70. The van der Waals surface area contributed by atoms with Crippen molar-refractivity contribution in [2.24, 2.45) is 0 Å². The highest BCUT2D eigenvalue weighted by molar-refractivity contribution is 9.10. The van der Waals surface area contributed by atoms with Crippen LogP contribution in [0.15, 0.2) is 64.0 Å². The number of piperidine rings is 1. The minimum Gasteiger partial charge on any atom is -0.341 e. The van der Waals surface area contributed by atoms with Crippen molar-refractivity contribution < 1.29 is 13.2 Å². The van der Waals surface area contributed by atoms with E-state index in [2.05, 4.69) is 15.9 Å². The van der Waals surface area contributed by atoms with Crippen LogP contribution in [-0.2, 0) is 14.8 Å². The molecule has 26 heavy (non-hydrogen) atoms. The molecule has 1 heterocycles. The summed E-state index contributed by atoms with van der Waals surface area (Å²) in [6.07, 6.45) is 3.05. The monoisotopic (exact) mass is 436 g/mol. The number of hydrogen-bond acceptors (Lipinski definition) is 3. The Bertz CT molecular complexity index is 865. The van der Waals surface area contributed by atoms with Crippen LogP contribution in [0, 0.1) is 0 Å². The largest absolute Gasteiger partial charge is 0.341 e. The normalized spacial score (nSPS) is 14.9. The van der Waals surface area contributed by atoms with Crippen LogP contribution < -0.4 is 4.31 Å². The Morgan fingerprint density at radius 1 is 1.00 bits per heavy atom. The van der Waals surface area contributed by atoms with Gasteiger partial charge in [-0.15, -0.1) is 0 Å². The molecule has 0 spiro atoms. The van der Waals surface area contributed by atoms with Gasteiger partial charge in [-0.05, 0) is 49.6 Å². The summed E-state index contributed by atoms with van der Waals surface area (Å²) in [5.41, 5.74) is 0.466. The highest BCUT2D eigenvalue weighted by atomic mass is 79.9. The van der Waals surface area contributed by atoms with Gasteiger partial charge in [-0.25, -0.2) is 8.42 Å². The van der Waals surface area contributed by atoms with Gasteiger partial charge in [0.1, 0.15) is 6.54 Å². The van der Waals surface area contributed by atoms with Gasteiger partial charge in [-0.2, -0.15) is 0 Å². The molecule has 0 unspecified atom stereocenters. The summed E-state index contributed by atoms with van der Waals surface area (Å²) in [7, 11) is -3.84. The summed E-state index contributed by atoms with van der Waals surface area (Å²) in [6.45, 7) is 1.18. The van der Waals surface area contributed by atoms with E-state index in [0.717, 1.165) is 23.7 Å². The van der Waals surface area contributed by atoms with Crippen molar-refractivity contribution in [3.05, 3.63) is 59.1 Å². The number of nitrogens with zero attached hydrogens (tertiary/aromatic N) is 2. The molecular formula is C19H21BrN2O3S. The molecule has 7 heteroatoms. The van der Waals surface area contributed by atoms with Crippen LogP contribution in [0.5, 0.6) is 0 Å². The summed E-state index contributed by atoms with van der Waals surface area (Å²) in [5.74, 6) is -0.163. The van der Waals surface area contributed by atoms with Crippen LogP contribution in [0.3, 0.4) is 0 Å². The van der Waals surface area contributed by atoms with E-state index in [9.17, 15) is 13.2 Å². The van der Waals surface area contributed by atoms with E-state index >= 15 is 0 Å². The van der Waals surface area contributed by atoms with Crippen LogP contribution in [-0.4, -0.2) is 38.9 Å². The van der Waals surface area contributed by atoms with Crippen LogP contribution in [0.4, 0.5) is 5.69 Å². The molecule has 1 aliphatic rings. The van der Waals surface area contributed by atoms with Crippen molar-refractivity contribution in [3.8, 4) is 0 Å². The fraction of sp³-hybridized carbons (Fsp3) is 0.316. The molecule has 3 rings (SSSR count). The van der Waals surface area contributed by atoms with Gasteiger partial charge in [0.15, 0.2) is 0 Å². The van der Waals surface area contributed by atoms with E-state index in [4.69, 9.17) is 0 Å².